The summed E-state index contributed by atoms with van der Waals surface area (Å²) in [7, 11) is 0. The lowest BCUT2D eigenvalue weighted by molar-refractivity contribution is -0.116. The number of benzene rings is 1. The lowest BCUT2D eigenvalue weighted by Gasteiger charge is -2.21. The number of carbonyl (C=O) groups is 2. The maximum atomic E-state index is 13.1. The number of anilines is 2. The van der Waals surface area contributed by atoms with Crippen molar-refractivity contribution in [1.29, 1.82) is 5.26 Å². The zero-order chi connectivity index (χ0) is 18.0. The molecule has 24 heavy (non-hydrogen) atoms. The molecule has 0 fully saturated rings. The Morgan fingerprint density at radius 3 is 2.67 bits per heavy atom. The molecule has 0 spiro atoms. The Bertz CT molecular complexity index is 866. The second kappa shape index (κ2) is 6.69. The van der Waals surface area contributed by atoms with E-state index in [2.05, 4.69) is 18.5 Å². The van der Waals surface area contributed by atoms with Crippen molar-refractivity contribution < 1.29 is 14.0 Å². The summed E-state index contributed by atoms with van der Waals surface area (Å²) in [6, 6.07) is 3.40. The minimum atomic E-state index is -0.900. The van der Waals surface area contributed by atoms with Gasteiger partial charge in [0.05, 0.1) is 16.8 Å². The van der Waals surface area contributed by atoms with Crippen LogP contribution in [0.25, 0.3) is 0 Å². The first-order chi connectivity index (χ1) is 11.3. The predicted molar refractivity (Wildman–Crippen MR) is 90.2 cm³/mol. The molecule has 7 heteroatoms. The molecule has 1 amide bonds. The summed E-state index contributed by atoms with van der Waals surface area (Å²) < 4.78 is 13.1. The second-order valence-electron chi connectivity index (χ2n) is 5.15. The maximum absolute atomic E-state index is 13.1. The average molecular weight is 346 g/mol. The van der Waals surface area contributed by atoms with Crippen LogP contribution in [0.5, 0.6) is 0 Å². The van der Waals surface area contributed by atoms with Crippen LogP contribution in [-0.2, 0) is 11.2 Å². The van der Waals surface area contributed by atoms with Crippen molar-refractivity contribution in [3.05, 3.63) is 58.4 Å². The predicted octanol–water partition coefficient (Wildman–Crippen LogP) is 3.37. The SMILES string of the molecule is C=C(F)/C=C(\C(=C)Cl)C(=O)c1c(N)cc2c(c1C#N)NC(=O)CC2. The number of fused-ring (bicyclic) bond motifs is 1. The van der Waals surface area contributed by atoms with Gasteiger partial charge in [-0.1, -0.05) is 24.8 Å². The van der Waals surface area contributed by atoms with Gasteiger partial charge in [0, 0.05) is 22.7 Å². The Kier molecular flexibility index (Phi) is 4.86. The number of hydrogen-bond acceptors (Lipinski definition) is 4. The quantitative estimate of drug-likeness (QED) is 0.378. The molecule has 3 N–H and O–H groups in total. The minimum absolute atomic E-state index is 0.0414. The van der Waals surface area contributed by atoms with Crippen molar-refractivity contribution in [2.75, 3.05) is 11.1 Å². The third kappa shape index (κ3) is 3.21. The molecule has 122 valence electrons. The largest absolute Gasteiger partial charge is 0.398 e. The van der Waals surface area contributed by atoms with Gasteiger partial charge in [-0.3, -0.25) is 9.59 Å². The number of nitrogens with two attached hydrogens (primary N) is 1. The van der Waals surface area contributed by atoms with Crippen LogP contribution >= 0.6 is 11.6 Å². The molecule has 1 aliphatic heterocycles. The zero-order valence-corrected chi connectivity index (χ0v) is 13.3. The monoisotopic (exact) mass is 345 g/mol. The topological polar surface area (TPSA) is 96.0 Å². The summed E-state index contributed by atoms with van der Waals surface area (Å²) >= 11 is 5.76. The van der Waals surface area contributed by atoms with E-state index in [0.29, 0.717) is 12.0 Å². The molecule has 1 aliphatic rings. The normalized spacial score (nSPS) is 13.5. The minimum Gasteiger partial charge on any atom is -0.398 e. The van der Waals surface area contributed by atoms with Gasteiger partial charge in [-0.05, 0) is 24.1 Å². The summed E-state index contributed by atoms with van der Waals surface area (Å²) in [5.74, 6) is -1.94. The van der Waals surface area contributed by atoms with Crippen LogP contribution in [0.1, 0.15) is 27.9 Å². The number of carbonyl (C=O) groups excluding carboxylic acids is 2. The molecule has 1 aromatic carbocycles. The Balaban J connectivity index is 2.71. The number of nitriles is 1. The third-order valence-electron chi connectivity index (χ3n) is 3.50. The number of halogens is 2. The molecular formula is C17H13ClFN3O2. The summed E-state index contributed by atoms with van der Waals surface area (Å²) in [6.07, 6.45) is 1.48. The molecule has 0 bridgehead atoms. The van der Waals surface area contributed by atoms with Crippen LogP contribution in [0.4, 0.5) is 15.8 Å². The van der Waals surface area contributed by atoms with Crippen molar-refractivity contribution in [2.45, 2.75) is 12.8 Å². The van der Waals surface area contributed by atoms with Crippen LogP contribution in [-0.4, -0.2) is 11.7 Å². The van der Waals surface area contributed by atoms with Gasteiger partial charge < -0.3 is 11.1 Å². The van der Waals surface area contributed by atoms with E-state index in [-0.39, 0.29) is 45.4 Å². The summed E-state index contributed by atoms with van der Waals surface area (Å²) in [6.45, 7) is 6.47. The van der Waals surface area contributed by atoms with Crippen LogP contribution in [0.15, 0.2) is 41.7 Å². The van der Waals surface area contributed by atoms with Gasteiger partial charge in [0.25, 0.3) is 0 Å². The zero-order valence-electron chi connectivity index (χ0n) is 12.6. The number of aryl methyl sites for hydroxylation is 1. The molecule has 0 saturated carbocycles. The standard InChI is InChI=1S/C17H13ClFN3O2/c1-8(19)5-11(9(2)18)17(24)15-12(7-20)16-10(6-13(15)21)3-4-14(23)22-16/h5-6H,1-4,21H2,(H,22,23)/b11-5+. The van der Waals surface area contributed by atoms with Crippen molar-refractivity contribution in [3.63, 3.8) is 0 Å². The molecule has 1 heterocycles. The third-order valence-corrected chi connectivity index (χ3v) is 3.71. The highest BCUT2D eigenvalue weighted by Crippen LogP contribution is 2.35. The summed E-state index contributed by atoms with van der Waals surface area (Å²) in [5.41, 5.74) is 6.35. The number of ketones is 1. The first kappa shape index (κ1) is 17.4. The van der Waals surface area contributed by atoms with Gasteiger partial charge in [-0.2, -0.15) is 5.26 Å². The molecule has 0 aromatic heterocycles. The Labute approximate surface area is 142 Å². The number of nitrogens with zero attached hydrogens (tertiary/aromatic N) is 1. The van der Waals surface area contributed by atoms with Crippen LogP contribution in [0, 0.1) is 11.3 Å². The van der Waals surface area contributed by atoms with E-state index in [1.165, 1.54) is 6.07 Å². The Morgan fingerprint density at radius 2 is 2.12 bits per heavy atom. The van der Waals surface area contributed by atoms with Crippen molar-refractivity contribution in [1.82, 2.24) is 0 Å². The molecule has 0 radical (unpaired) electrons. The summed E-state index contributed by atoms with van der Waals surface area (Å²) in [4.78, 5) is 24.3. The smallest absolute Gasteiger partial charge is 0.224 e. The average Bonchev–Trinajstić information content (AvgIpc) is 2.50. The number of amides is 1. The van der Waals surface area contributed by atoms with E-state index in [9.17, 15) is 19.2 Å². The van der Waals surface area contributed by atoms with Crippen LogP contribution in [0.3, 0.4) is 0 Å². The molecule has 2 rings (SSSR count). The van der Waals surface area contributed by atoms with Crippen LogP contribution in [0.2, 0.25) is 0 Å². The molecule has 0 unspecified atom stereocenters. The molecule has 0 aliphatic carbocycles. The van der Waals surface area contributed by atoms with Gasteiger partial charge in [0.15, 0.2) is 5.78 Å². The second-order valence-corrected chi connectivity index (χ2v) is 5.61. The van der Waals surface area contributed by atoms with E-state index in [0.717, 1.165) is 6.08 Å². The van der Waals surface area contributed by atoms with Gasteiger partial charge in [-0.25, -0.2) is 4.39 Å². The fourth-order valence-electron chi connectivity index (χ4n) is 2.47. The molecule has 1 aromatic rings. The molecular weight excluding hydrogens is 333 g/mol. The first-order valence-electron chi connectivity index (χ1n) is 6.87. The fraction of sp³-hybridized carbons (Fsp3) is 0.118. The highest BCUT2D eigenvalue weighted by atomic mass is 35.5. The summed E-state index contributed by atoms with van der Waals surface area (Å²) in [5, 5.41) is 11.8. The fourth-order valence-corrected chi connectivity index (χ4v) is 2.61. The van der Waals surface area contributed by atoms with Gasteiger partial charge in [0.1, 0.15) is 11.9 Å². The van der Waals surface area contributed by atoms with E-state index in [1.807, 2.05) is 6.07 Å². The molecule has 5 nitrogen and oxygen atoms in total. The van der Waals surface area contributed by atoms with Crippen molar-refractivity contribution in [3.8, 4) is 6.07 Å². The highest BCUT2D eigenvalue weighted by molar-refractivity contribution is 6.37. The molecule has 0 saturated heterocycles. The first-order valence-corrected chi connectivity index (χ1v) is 7.25. The Hall–Kier alpha value is -2.91. The van der Waals surface area contributed by atoms with E-state index in [4.69, 9.17) is 17.3 Å². The molecule has 0 atom stereocenters. The number of nitrogens with one attached hydrogen (secondary N) is 1. The van der Waals surface area contributed by atoms with E-state index in [1.54, 1.807) is 0 Å². The van der Waals surface area contributed by atoms with Gasteiger partial charge in [-0.15, -0.1) is 0 Å². The van der Waals surface area contributed by atoms with Gasteiger partial charge in [0.2, 0.25) is 5.91 Å². The number of allylic oxidation sites excluding steroid dienone is 4. The van der Waals surface area contributed by atoms with Crippen LogP contribution < -0.4 is 11.1 Å². The number of Topliss-reactive ketones (excluding diaryl/α,β-unsaturated/α-hetero) is 1. The lowest BCUT2D eigenvalue weighted by atomic mass is 9.90. The number of nitrogen functional groups attached to an aromatic ring is 1. The number of hydrogen-bond donors (Lipinski definition) is 2. The number of rotatable bonds is 4. The Morgan fingerprint density at radius 1 is 1.46 bits per heavy atom. The van der Waals surface area contributed by atoms with E-state index >= 15 is 0 Å². The van der Waals surface area contributed by atoms with Crippen molar-refractivity contribution in [2.24, 2.45) is 0 Å². The highest BCUT2D eigenvalue weighted by Gasteiger charge is 2.27. The van der Waals surface area contributed by atoms with E-state index < -0.39 is 11.6 Å². The van der Waals surface area contributed by atoms with Gasteiger partial charge >= 0.3 is 0 Å². The van der Waals surface area contributed by atoms with Crippen molar-refractivity contribution >= 4 is 34.7 Å². The lowest BCUT2D eigenvalue weighted by Crippen LogP contribution is -2.22. The maximum Gasteiger partial charge on any atom is 0.224 e.